The highest BCUT2D eigenvalue weighted by Crippen LogP contribution is 2.18. The van der Waals surface area contributed by atoms with E-state index in [9.17, 15) is 0 Å². The smallest absolute Gasteiger partial charge is 0.124 e. The largest absolute Gasteiger partial charge is 0.361 e. The zero-order chi connectivity index (χ0) is 13.9. The average molecular weight is 278 g/mol. The van der Waals surface area contributed by atoms with Crippen molar-refractivity contribution in [2.24, 2.45) is 7.05 Å². The van der Waals surface area contributed by atoms with E-state index in [0.29, 0.717) is 6.73 Å². The lowest BCUT2D eigenvalue weighted by Gasteiger charge is -2.15. The molecule has 0 fully saturated rings. The number of rotatable bonds is 6. The molecule has 0 aliphatic carbocycles. The molecule has 0 N–H and O–H groups in total. The maximum absolute atomic E-state index is 5.75. The second kappa shape index (κ2) is 5.71. The van der Waals surface area contributed by atoms with Crippen LogP contribution in [0.1, 0.15) is 0 Å². The van der Waals surface area contributed by atoms with Gasteiger partial charge in [0, 0.05) is 33.5 Å². The van der Waals surface area contributed by atoms with Crippen LogP contribution in [0.3, 0.4) is 0 Å². The topological polar surface area (TPSA) is 44.9 Å². The molecule has 0 atom stereocenters. The summed E-state index contributed by atoms with van der Waals surface area (Å²) in [6, 6.07) is 1.18. The normalized spacial score (nSPS) is 12.0. The third kappa shape index (κ3) is 4.04. The maximum atomic E-state index is 5.75. The van der Waals surface area contributed by atoms with E-state index < -0.39 is 8.07 Å². The van der Waals surface area contributed by atoms with E-state index in [1.807, 2.05) is 30.2 Å². The highest BCUT2D eigenvalue weighted by molar-refractivity contribution is 6.76. The van der Waals surface area contributed by atoms with E-state index in [2.05, 4.69) is 29.7 Å². The van der Waals surface area contributed by atoms with Gasteiger partial charge in [-0.3, -0.25) is 4.68 Å². The standard InChI is InChI=1S/C13H22N4OSi/c1-16-9-12(7-15-16)13-8-14-10-17(13)11-18-5-6-19(2,3)4/h7-10H,5-6,11H2,1-4H3. The molecule has 19 heavy (non-hydrogen) atoms. The fourth-order valence-electron chi connectivity index (χ4n) is 1.76. The zero-order valence-corrected chi connectivity index (χ0v) is 13.1. The summed E-state index contributed by atoms with van der Waals surface area (Å²) in [5.41, 5.74) is 2.11. The minimum Gasteiger partial charge on any atom is -0.361 e. The van der Waals surface area contributed by atoms with Crippen LogP contribution in [0.2, 0.25) is 25.7 Å². The van der Waals surface area contributed by atoms with Crippen molar-refractivity contribution < 1.29 is 4.74 Å². The SMILES string of the molecule is Cn1cc(-c2cncn2COCC[Si](C)(C)C)cn1. The number of aryl methyl sites for hydroxylation is 1. The first kappa shape index (κ1) is 14.0. The Balaban J connectivity index is 1.93. The minimum atomic E-state index is -1.02. The molecule has 0 spiro atoms. The summed E-state index contributed by atoms with van der Waals surface area (Å²) < 4.78 is 9.56. The first-order valence-electron chi connectivity index (χ1n) is 6.52. The Morgan fingerprint density at radius 3 is 2.68 bits per heavy atom. The summed E-state index contributed by atoms with van der Waals surface area (Å²) in [5.74, 6) is 0. The van der Waals surface area contributed by atoms with Crippen LogP contribution >= 0.6 is 0 Å². The van der Waals surface area contributed by atoms with Gasteiger partial charge in [-0.15, -0.1) is 0 Å². The number of imidazole rings is 1. The number of ether oxygens (including phenoxy) is 1. The van der Waals surface area contributed by atoms with E-state index in [0.717, 1.165) is 17.9 Å². The second-order valence-corrected chi connectivity index (χ2v) is 11.6. The van der Waals surface area contributed by atoms with E-state index in [1.165, 1.54) is 6.04 Å². The fraction of sp³-hybridized carbons (Fsp3) is 0.538. The minimum absolute atomic E-state index is 0.550. The van der Waals surface area contributed by atoms with E-state index >= 15 is 0 Å². The van der Waals surface area contributed by atoms with Gasteiger partial charge in [-0.25, -0.2) is 4.98 Å². The molecule has 0 aliphatic rings. The van der Waals surface area contributed by atoms with Crippen LogP contribution in [0.15, 0.2) is 24.9 Å². The molecule has 0 bridgehead atoms. The quantitative estimate of drug-likeness (QED) is 0.602. The third-order valence-electron chi connectivity index (χ3n) is 2.94. The van der Waals surface area contributed by atoms with Crippen LogP contribution < -0.4 is 0 Å². The van der Waals surface area contributed by atoms with Gasteiger partial charge in [0.15, 0.2) is 0 Å². The maximum Gasteiger partial charge on any atom is 0.124 e. The van der Waals surface area contributed by atoms with E-state index in [4.69, 9.17) is 4.74 Å². The Kier molecular flexibility index (Phi) is 4.21. The van der Waals surface area contributed by atoms with Gasteiger partial charge < -0.3 is 9.30 Å². The molecule has 2 aromatic heterocycles. The first-order valence-corrected chi connectivity index (χ1v) is 10.2. The molecule has 0 saturated heterocycles. The van der Waals surface area contributed by atoms with Crippen molar-refractivity contribution in [2.45, 2.75) is 32.4 Å². The Bertz CT molecular complexity index is 527. The van der Waals surface area contributed by atoms with Crippen molar-refractivity contribution in [3.05, 3.63) is 24.9 Å². The van der Waals surface area contributed by atoms with Gasteiger partial charge in [-0.1, -0.05) is 19.6 Å². The summed E-state index contributed by atoms with van der Waals surface area (Å²) in [5, 5.41) is 4.18. The van der Waals surface area contributed by atoms with E-state index in [-0.39, 0.29) is 0 Å². The molecule has 0 amide bonds. The Morgan fingerprint density at radius 1 is 1.26 bits per heavy atom. The summed E-state index contributed by atoms with van der Waals surface area (Å²) in [7, 11) is 0.895. The molecule has 104 valence electrons. The molecular weight excluding hydrogens is 256 g/mol. The molecule has 0 saturated carbocycles. The lowest BCUT2D eigenvalue weighted by atomic mass is 10.3. The van der Waals surface area contributed by atoms with Crippen LogP contribution in [0.5, 0.6) is 0 Å². The van der Waals surface area contributed by atoms with Gasteiger partial charge in [0.2, 0.25) is 0 Å². The third-order valence-corrected chi connectivity index (χ3v) is 4.64. The predicted octanol–water partition coefficient (Wildman–Crippen LogP) is 2.60. The van der Waals surface area contributed by atoms with Crippen LogP contribution in [-0.2, 0) is 18.5 Å². The zero-order valence-electron chi connectivity index (χ0n) is 12.1. The van der Waals surface area contributed by atoms with Crippen molar-refractivity contribution in [3.63, 3.8) is 0 Å². The molecule has 0 aliphatic heterocycles. The number of hydrogen-bond donors (Lipinski definition) is 0. The number of nitrogens with zero attached hydrogens (tertiary/aromatic N) is 4. The van der Waals surface area contributed by atoms with Crippen LogP contribution in [0.4, 0.5) is 0 Å². The van der Waals surface area contributed by atoms with Crippen LogP contribution in [0.25, 0.3) is 11.3 Å². The van der Waals surface area contributed by atoms with Gasteiger partial charge in [-0.2, -0.15) is 5.10 Å². The second-order valence-electron chi connectivity index (χ2n) is 6.00. The molecule has 2 aromatic rings. The van der Waals surface area contributed by atoms with Gasteiger partial charge in [0.05, 0.1) is 24.4 Å². The van der Waals surface area contributed by atoms with Gasteiger partial charge in [0.1, 0.15) is 6.73 Å². The van der Waals surface area contributed by atoms with Crippen molar-refractivity contribution in [2.75, 3.05) is 6.61 Å². The van der Waals surface area contributed by atoms with Gasteiger partial charge in [-0.05, 0) is 6.04 Å². The summed E-state index contributed by atoms with van der Waals surface area (Å²) in [4.78, 5) is 4.19. The molecule has 0 radical (unpaired) electrons. The lowest BCUT2D eigenvalue weighted by Crippen LogP contribution is -2.22. The lowest BCUT2D eigenvalue weighted by molar-refractivity contribution is 0.0882. The molecule has 6 heteroatoms. The molecule has 2 heterocycles. The molecule has 5 nitrogen and oxygen atoms in total. The molecule has 0 unspecified atom stereocenters. The Labute approximate surface area is 115 Å². The monoisotopic (exact) mass is 278 g/mol. The Morgan fingerprint density at radius 2 is 2.05 bits per heavy atom. The van der Waals surface area contributed by atoms with E-state index in [1.54, 1.807) is 11.0 Å². The summed E-state index contributed by atoms with van der Waals surface area (Å²) in [6.45, 7) is 8.44. The average Bonchev–Trinajstić information content (AvgIpc) is 2.91. The summed E-state index contributed by atoms with van der Waals surface area (Å²) in [6.07, 6.45) is 7.47. The molecule has 0 aromatic carbocycles. The van der Waals surface area contributed by atoms with Gasteiger partial charge in [0.25, 0.3) is 0 Å². The van der Waals surface area contributed by atoms with Crippen LogP contribution in [-0.4, -0.2) is 34.0 Å². The number of aromatic nitrogens is 4. The first-order chi connectivity index (χ1) is 8.96. The fourth-order valence-corrected chi connectivity index (χ4v) is 2.52. The number of hydrogen-bond acceptors (Lipinski definition) is 3. The van der Waals surface area contributed by atoms with Crippen molar-refractivity contribution >= 4 is 8.07 Å². The summed E-state index contributed by atoms with van der Waals surface area (Å²) >= 11 is 0. The molecule has 2 rings (SSSR count). The van der Waals surface area contributed by atoms with Crippen molar-refractivity contribution in [3.8, 4) is 11.3 Å². The van der Waals surface area contributed by atoms with Crippen molar-refractivity contribution in [1.82, 2.24) is 19.3 Å². The molecular formula is C13H22N4OSi. The van der Waals surface area contributed by atoms with Gasteiger partial charge >= 0.3 is 0 Å². The van der Waals surface area contributed by atoms with Crippen molar-refractivity contribution in [1.29, 1.82) is 0 Å². The van der Waals surface area contributed by atoms with Crippen LogP contribution in [0, 0.1) is 0 Å². The highest BCUT2D eigenvalue weighted by Gasteiger charge is 2.12. The Hall–Kier alpha value is -1.40. The highest BCUT2D eigenvalue weighted by atomic mass is 28.3. The predicted molar refractivity (Wildman–Crippen MR) is 78.5 cm³/mol.